The molecule has 0 amide bonds. The minimum atomic E-state index is -0.444. The third-order valence-electron chi connectivity index (χ3n) is 3.16. The monoisotopic (exact) mass is 347 g/mol. The van der Waals surface area contributed by atoms with Crippen molar-refractivity contribution in [1.82, 2.24) is 13.6 Å². The van der Waals surface area contributed by atoms with E-state index in [1.165, 1.54) is 17.3 Å². The van der Waals surface area contributed by atoms with Crippen LogP contribution in [-0.4, -0.2) is 72.6 Å². The summed E-state index contributed by atoms with van der Waals surface area (Å²) in [4.78, 5) is 2.30. The molecular weight excluding hydrogens is 325 g/mol. The first kappa shape index (κ1) is 17.8. The average molecular weight is 347 g/mol. The van der Waals surface area contributed by atoms with E-state index in [-0.39, 0.29) is 6.61 Å². The highest BCUT2D eigenvalue weighted by Gasteiger charge is 2.17. The van der Waals surface area contributed by atoms with Crippen LogP contribution in [0.15, 0.2) is 11.1 Å². The Bertz CT molecular complexity index is 471. The molecule has 0 unspecified atom stereocenters. The molecule has 0 saturated carbocycles. The van der Waals surface area contributed by atoms with Gasteiger partial charge in [-0.1, -0.05) is 6.08 Å². The van der Waals surface area contributed by atoms with Crippen LogP contribution in [0.1, 0.15) is 12.1 Å². The van der Waals surface area contributed by atoms with E-state index in [0.29, 0.717) is 19.8 Å². The zero-order valence-electron chi connectivity index (χ0n) is 12.8. The summed E-state index contributed by atoms with van der Waals surface area (Å²) in [5.41, 5.74) is 2.29. The lowest BCUT2D eigenvalue weighted by molar-refractivity contribution is 0.0484. The first-order chi connectivity index (χ1) is 10.8. The van der Waals surface area contributed by atoms with Gasteiger partial charge in [0.2, 0.25) is 0 Å². The predicted molar refractivity (Wildman–Crippen MR) is 88.3 cm³/mol. The maximum Gasteiger partial charge on any atom is 0.138 e. The lowest BCUT2D eigenvalue weighted by Gasteiger charge is -2.22. The van der Waals surface area contributed by atoms with Gasteiger partial charge in [-0.3, -0.25) is 0 Å². The largest absolute Gasteiger partial charge is 0.378 e. The van der Waals surface area contributed by atoms with Crippen LogP contribution in [0.4, 0.5) is 4.39 Å². The van der Waals surface area contributed by atoms with Crippen molar-refractivity contribution in [3.63, 3.8) is 0 Å². The molecule has 8 heteroatoms. The van der Waals surface area contributed by atoms with Gasteiger partial charge in [-0.2, -0.15) is 8.75 Å². The van der Waals surface area contributed by atoms with Crippen LogP contribution >= 0.6 is 23.5 Å². The Hall–Kier alpha value is -0.540. The molecule has 0 aromatic carbocycles. The van der Waals surface area contributed by atoms with Crippen LogP contribution in [0.5, 0.6) is 0 Å². The quantitative estimate of drug-likeness (QED) is 0.478. The molecule has 0 saturated heterocycles. The minimum Gasteiger partial charge on any atom is -0.378 e. The van der Waals surface area contributed by atoms with Gasteiger partial charge in [0.15, 0.2) is 0 Å². The molecule has 1 aromatic heterocycles. The zero-order chi connectivity index (χ0) is 15.6. The standard InChI is InChI=1S/C14H22FN3O2S2/c1-18-5-2-3-12(11-18)13-14(17-22-16-13)21-10-9-20-8-7-19-6-4-15/h3H,2,4-11H2,1H3. The molecule has 0 spiro atoms. The number of hydrogen-bond acceptors (Lipinski definition) is 7. The number of nitrogens with zero attached hydrogens (tertiary/aromatic N) is 3. The molecule has 0 N–H and O–H groups in total. The van der Waals surface area contributed by atoms with Gasteiger partial charge >= 0.3 is 0 Å². The smallest absolute Gasteiger partial charge is 0.138 e. The molecule has 0 atom stereocenters. The van der Waals surface area contributed by atoms with Crippen LogP contribution in [0, 0.1) is 0 Å². The van der Waals surface area contributed by atoms with Crippen LogP contribution < -0.4 is 0 Å². The Kier molecular flexibility index (Phi) is 8.32. The molecule has 0 bridgehead atoms. The van der Waals surface area contributed by atoms with Gasteiger partial charge in [-0.25, -0.2) is 4.39 Å². The Morgan fingerprint density at radius 3 is 2.86 bits per heavy atom. The minimum absolute atomic E-state index is 0.148. The van der Waals surface area contributed by atoms with E-state index in [1.807, 2.05) is 0 Å². The van der Waals surface area contributed by atoms with Gasteiger partial charge in [0.05, 0.1) is 38.2 Å². The number of halogens is 1. The van der Waals surface area contributed by atoms with Crippen LogP contribution in [0.2, 0.25) is 0 Å². The molecule has 22 heavy (non-hydrogen) atoms. The van der Waals surface area contributed by atoms with Crippen molar-refractivity contribution in [1.29, 1.82) is 0 Å². The Labute approximate surface area is 139 Å². The highest BCUT2D eigenvalue weighted by atomic mass is 32.2. The summed E-state index contributed by atoms with van der Waals surface area (Å²) in [7, 11) is 2.12. The highest BCUT2D eigenvalue weighted by Crippen LogP contribution is 2.28. The van der Waals surface area contributed by atoms with Crippen molar-refractivity contribution >= 4 is 29.1 Å². The fourth-order valence-electron chi connectivity index (χ4n) is 2.11. The zero-order valence-corrected chi connectivity index (χ0v) is 14.4. The number of hydrogen-bond donors (Lipinski definition) is 0. The summed E-state index contributed by atoms with van der Waals surface area (Å²) < 4.78 is 31.1. The van der Waals surface area contributed by atoms with Crippen LogP contribution in [0.25, 0.3) is 5.57 Å². The number of ether oxygens (including phenoxy) is 2. The first-order valence-electron chi connectivity index (χ1n) is 7.36. The second-order valence-corrected chi connectivity index (χ2v) is 6.55. The SMILES string of the molecule is CN1CCC=C(c2nsnc2SCCOCCOCCF)C1. The Morgan fingerprint density at radius 2 is 2.09 bits per heavy atom. The third kappa shape index (κ3) is 5.92. The maximum atomic E-state index is 11.8. The van der Waals surface area contributed by atoms with E-state index < -0.39 is 6.67 Å². The Balaban J connectivity index is 1.69. The topological polar surface area (TPSA) is 47.5 Å². The number of likely N-dealkylation sites (N-methyl/N-ethyl adjacent to an activating group) is 1. The second-order valence-electron chi connectivity index (χ2n) is 4.94. The molecule has 2 rings (SSSR count). The second kappa shape index (κ2) is 10.3. The maximum absolute atomic E-state index is 11.8. The lowest BCUT2D eigenvalue weighted by Crippen LogP contribution is -2.25. The first-order valence-corrected chi connectivity index (χ1v) is 9.07. The predicted octanol–water partition coefficient (Wildman–Crippen LogP) is 2.35. The fraction of sp³-hybridized carbons (Fsp3) is 0.714. The summed E-state index contributed by atoms with van der Waals surface area (Å²) in [6.07, 6.45) is 3.33. The van der Waals surface area contributed by atoms with Crippen molar-refractivity contribution < 1.29 is 13.9 Å². The fourth-order valence-corrected chi connectivity index (χ4v) is 3.67. The summed E-state index contributed by atoms with van der Waals surface area (Å²) >= 11 is 2.93. The molecule has 1 aliphatic rings. The molecule has 5 nitrogen and oxygen atoms in total. The molecule has 0 radical (unpaired) electrons. The van der Waals surface area contributed by atoms with E-state index in [0.717, 1.165) is 36.0 Å². The van der Waals surface area contributed by atoms with Gasteiger partial charge in [0.1, 0.15) is 17.4 Å². The third-order valence-corrected chi connectivity index (χ3v) is 4.74. The number of alkyl halides is 1. The van der Waals surface area contributed by atoms with Crippen molar-refractivity contribution in [2.45, 2.75) is 11.4 Å². The number of thioether (sulfide) groups is 1. The Morgan fingerprint density at radius 1 is 1.27 bits per heavy atom. The van der Waals surface area contributed by atoms with Gasteiger partial charge < -0.3 is 14.4 Å². The van der Waals surface area contributed by atoms with Gasteiger partial charge in [-0.05, 0) is 19.0 Å². The molecule has 1 aliphatic heterocycles. The molecule has 1 aromatic rings. The van der Waals surface area contributed by atoms with Crippen LogP contribution in [0.3, 0.4) is 0 Å². The van der Waals surface area contributed by atoms with Crippen molar-refractivity contribution in [2.75, 3.05) is 59.0 Å². The van der Waals surface area contributed by atoms with E-state index in [1.54, 1.807) is 11.8 Å². The van der Waals surface area contributed by atoms with Gasteiger partial charge in [0, 0.05) is 18.8 Å². The lowest BCUT2D eigenvalue weighted by atomic mass is 10.1. The normalized spacial score (nSPS) is 16.0. The summed E-state index contributed by atoms with van der Waals surface area (Å²) in [6.45, 7) is 3.30. The highest BCUT2D eigenvalue weighted by molar-refractivity contribution is 7.99. The molecule has 124 valence electrons. The molecule has 0 fully saturated rings. The van der Waals surface area contributed by atoms with Crippen LogP contribution in [-0.2, 0) is 9.47 Å². The van der Waals surface area contributed by atoms with Crippen molar-refractivity contribution in [3.8, 4) is 0 Å². The number of aromatic nitrogens is 2. The van der Waals surface area contributed by atoms with E-state index in [9.17, 15) is 4.39 Å². The van der Waals surface area contributed by atoms with E-state index in [2.05, 4.69) is 26.8 Å². The van der Waals surface area contributed by atoms with Gasteiger partial charge in [0.25, 0.3) is 0 Å². The average Bonchev–Trinajstić information content (AvgIpc) is 2.98. The van der Waals surface area contributed by atoms with Crippen molar-refractivity contribution in [3.05, 3.63) is 11.8 Å². The van der Waals surface area contributed by atoms with Crippen molar-refractivity contribution in [2.24, 2.45) is 0 Å². The summed E-state index contributed by atoms with van der Waals surface area (Å²) in [6, 6.07) is 0. The molecule has 0 aliphatic carbocycles. The van der Waals surface area contributed by atoms with E-state index in [4.69, 9.17) is 9.47 Å². The summed E-state index contributed by atoms with van der Waals surface area (Å²) in [5.74, 6) is 0.824. The number of rotatable bonds is 10. The summed E-state index contributed by atoms with van der Waals surface area (Å²) in [5, 5.41) is 0.990. The molecular formula is C14H22FN3O2S2. The molecule has 2 heterocycles. The van der Waals surface area contributed by atoms with E-state index >= 15 is 0 Å². The van der Waals surface area contributed by atoms with Gasteiger partial charge in [-0.15, -0.1) is 11.8 Å².